The average molecular weight is 363 g/mol. The summed E-state index contributed by atoms with van der Waals surface area (Å²) in [6.07, 6.45) is -3.11. The predicted octanol–water partition coefficient (Wildman–Crippen LogP) is 1.37. The van der Waals surface area contributed by atoms with Gasteiger partial charge < -0.3 is 15.0 Å². The van der Waals surface area contributed by atoms with Crippen molar-refractivity contribution >= 4 is 28.4 Å². The topological polar surface area (TPSA) is 67.0 Å². The summed E-state index contributed by atoms with van der Waals surface area (Å²) >= 11 is 1.79. The van der Waals surface area contributed by atoms with Gasteiger partial charge in [-0.15, -0.1) is 0 Å². The fourth-order valence-electron chi connectivity index (χ4n) is 0.936. The molecule has 17 heavy (non-hydrogen) atoms. The van der Waals surface area contributed by atoms with Crippen LogP contribution in [0.1, 0.15) is 0 Å². The number of anilines is 1. The molecular formula is C8H9F3IN3O2. The Kier molecular flexibility index (Phi) is 5.18. The molecule has 0 spiro atoms. The van der Waals surface area contributed by atoms with Crippen molar-refractivity contribution in [3.8, 4) is 0 Å². The molecule has 1 aromatic heterocycles. The summed E-state index contributed by atoms with van der Waals surface area (Å²) in [7, 11) is 0. The van der Waals surface area contributed by atoms with Crippen LogP contribution in [0, 0.1) is 3.57 Å². The average Bonchev–Trinajstić information content (AvgIpc) is 2.22. The number of aromatic amines is 1. The second-order valence-corrected chi connectivity index (χ2v) is 4.07. The summed E-state index contributed by atoms with van der Waals surface area (Å²) in [6.45, 7) is -1.26. The van der Waals surface area contributed by atoms with Crippen molar-refractivity contribution in [2.24, 2.45) is 0 Å². The van der Waals surface area contributed by atoms with Crippen LogP contribution in [0.5, 0.6) is 0 Å². The normalized spacial score (nSPS) is 11.5. The Morgan fingerprint density at radius 3 is 2.88 bits per heavy atom. The number of H-pyrrole nitrogens is 1. The third-order valence-electron chi connectivity index (χ3n) is 1.60. The van der Waals surface area contributed by atoms with Crippen molar-refractivity contribution in [3.63, 3.8) is 0 Å². The molecule has 96 valence electrons. The van der Waals surface area contributed by atoms with Crippen molar-refractivity contribution in [2.75, 3.05) is 25.1 Å². The van der Waals surface area contributed by atoms with E-state index in [4.69, 9.17) is 0 Å². The Bertz CT molecular complexity index is 421. The number of nitrogens with zero attached hydrogens (tertiary/aromatic N) is 1. The maximum Gasteiger partial charge on any atom is 0.411 e. The zero-order chi connectivity index (χ0) is 12.9. The highest BCUT2D eigenvalue weighted by molar-refractivity contribution is 14.1. The van der Waals surface area contributed by atoms with Crippen molar-refractivity contribution in [3.05, 3.63) is 20.3 Å². The second kappa shape index (κ2) is 6.19. The molecule has 0 atom stereocenters. The first-order chi connectivity index (χ1) is 7.90. The summed E-state index contributed by atoms with van der Waals surface area (Å²) in [5, 5.41) is 2.71. The number of ether oxygens (including phenoxy) is 1. The minimum absolute atomic E-state index is 0.121. The maximum absolute atomic E-state index is 11.7. The van der Waals surface area contributed by atoms with Crippen molar-refractivity contribution in [1.82, 2.24) is 9.97 Å². The van der Waals surface area contributed by atoms with Crippen LogP contribution >= 0.6 is 22.6 Å². The third-order valence-corrected chi connectivity index (χ3v) is 2.60. The maximum atomic E-state index is 11.7. The van der Waals surface area contributed by atoms with Crippen LogP contribution < -0.4 is 10.9 Å². The molecule has 9 heteroatoms. The predicted molar refractivity (Wildman–Crippen MR) is 62.9 cm³/mol. The van der Waals surface area contributed by atoms with Gasteiger partial charge in [0.25, 0.3) is 5.56 Å². The van der Waals surface area contributed by atoms with Gasteiger partial charge in [0.2, 0.25) is 0 Å². The third kappa shape index (κ3) is 5.35. The largest absolute Gasteiger partial charge is 0.411 e. The minimum Gasteiger partial charge on any atom is -0.370 e. The molecule has 0 aromatic carbocycles. The first-order valence-electron chi connectivity index (χ1n) is 4.51. The van der Waals surface area contributed by atoms with Gasteiger partial charge in [0, 0.05) is 6.54 Å². The number of nitrogens with one attached hydrogen (secondary N) is 2. The first kappa shape index (κ1) is 14.2. The van der Waals surface area contributed by atoms with Crippen LogP contribution in [0.2, 0.25) is 0 Å². The Labute approximate surface area is 108 Å². The molecule has 1 rings (SSSR count). The van der Waals surface area contributed by atoms with E-state index in [1.807, 2.05) is 0 Å². The van der Waals surface area contributed by atoms with E-state index in [9.17, 15) is 18.0 Å². The molecule has 0 aliphatic rings. The minimum atomic E-state index is -4.32. The van der Waals surface area contributed by atoms with Gasteiger partial charge in [-0.3, -0.25) is 4.79 Å². The number of hydrogen-bond acceptors (Lipinski definition) is 4. The van der Waals surface area contributed by atoms with Gasteiger partial charge in [-0.25, -0.2) is 4.98 Å². The second-order valence-electron chi connectivity index (χ2n) is 2.99. The lowest BCUT2D eigenvalue weighted by Gasteiger charge is -2.09. The monoisotopic (exact) mass is 363 g/mol. The molecule has 0 unspecified atom stereocenters. The highest BCUT2D eigenvalue weighted by Gasteiger charge is 2.27. The van der Waals surface area contributed by atoms with Gasteiger partial charge in [0.05, 0.1) is 12.9 Å². The number of alkyl halides is 3. The van der Waals surface area contributed by atoms with Crippen LogP contribution in [-0.4, -0.2) is 35.9 Å². The van der Waals surface area contributed by atoms with Gasteiger partial charge in [-0.2, -0.15) is 13.2 Å². The van der Waals surface area contributed by atoms with E-state index in [0.29, 0.717) is 9.39 Å². The van der Waals surface area contributed by atoms with E-state index >= 15 is 0 Å². The number of aromatic nitrogens is 2. The van der Waals surface area contributed by atoms with Crippen LogP contribution in [0.4, 0.5) is 19.0 Å². The lowest BCUT2D eigenvalue weighted by Crippen LogP contribution is -2.21. The standard InChI is InChI=1S/C8H9F3IN3O2/c9-8(10,11)3-17-2-1-13-6-5(12)7(16)15-4-14-6/h4H,1-3H2,(H2,13,14,15,16). The van der Waals surface area contributed by atoms with Crippen LogP contribution in [0.25, 0.3) is 0 Å². The molecule has 0 fully saturated rings. The molecule has 0 bridgehead atoms. The van der Waals surface area contributed by atoms with Gasteiger partial charge in [0.15, 0.2) is 0 Å². The van der Waals surface area contributed by atoms with E-state index in [2.05, 4.69) is 20.0 Å². The molecule has 0 radical (unpaired) electrons. The highest BCUT2D eigenvalue weighted by atomic mass is 127. The van der Waals surface area contributed by atoms with Crippen molar-refractivity contribution in [1.29, 1.82) is 0 Å². The molecule has 5 nitrogen and oxygen atoms in total. The first-order valence-corrected chi connectivity index (χ1v) is 5.59. The van der Waals surface area contributed by atoms with E-state index < -0.39 is 12.8 Å². The lowest BCUT2D eigenvalue weighted by molar-refractivity contribution is -0.172. The zero-order valence-corrected chi connectivity index (χ0v) is 10.6. The highest BCUT2D eigenvalue weighted by Crippen LogP contribution is 2.14. The van der Waals surface area contributed by atoms with Crippen LogP contribution in [0.3, 0.4) is 0 Å². The number of hydrogen-bond donors (Lipinski definition) is 2. The molecule has 1 aromatic rings. The molecule has 0 aliphatic heterocycles. The molecule has 1 heterocycles. The quantitative estimate of drug-likeness (QED) is 0.613. The number of halogens is 4. The smallest absolute Gasteiger partial charge is 0.370 e. The fraction of sp³-hybridized carbons (Fsp3) is 0.500. The summed E-state index contributed by atoms with van der Waals surface area (Å²) in [4.78, 5) is 17.3. The van der Waals surface area contributed by atoms with Gasteiger partial charge >= 0.3 is 6.18 Å². The summed E-state index contributed by atoms with van der Waals surface area (Å²) in [5.74, 6) is 0.324. The van der Waals surface area contributed by atoms with Crippen molar-refractivity contribution in [2.45, 2.75) is 6.18 Å². The molecule has 2 N–H and O–H groups in total. The van der Waals surface area contributed by atoms with Crippen LogP contribution in [0.15, 0.2) is 11.1 Å². The number of rotatable bonds is 5. The Balaban J connectivity index is 2.32. The fourth-order valence-corrected chi connectivity index (χ4v) is 1.42. The van der Waals surface area contributed by atoms with Crippen molar-refractivity contribution < 1.29 is 17.9 Å². The van der Waals surface area contributed by atoms with Gasteiger partial charge in [-0.1, -0.05) is 0 Å². The molecule has 0 saturated carbocycles. The van der Waals surface area contributed by atoms with E-state index in [1.165, 1.54) is 6.33 Å². The SMILES string of the molecule is O=c1[nH]cnc(NCCOCC(F)(F)F)c1I. The van der Waals surface area contributed by atoms with Crippen LogP contribution in [-0.2, 0) is 4.74 Å². The van der Waals surface area contributed by atoms with E-state index in [0.717, 1.165) is 0 Å². The van der Waals surface area contributed by atoms with Gasteiger partial charge in [-0.05, 0) is 22.6 Å². The summed E-state index contributed by atoms with van der Waals surface area (Å²) in [6, 6.07) is 0. The van der Waals surface area contributed by atoms with E-state index in [1.54, 1.807) is 22.6 Å². The van der Waals surface area contributed by atoms with Gasteiger partial charge in [0.1, 0.15) is 16.0 Å². The Morgan fingerprint density at radius 1 is 1.53 bits per heavy atom. The molecule has 0 aliphatic carbocycles. The lowest BCUT2D eigenvalue weighted by atomic mass is 10.5. The molecular weight excluding hydrogens is 354 g/mol. The summed E-state index contributed by atoms with van der Waals surface area (Å²) < 4.78 is 39.9. The zero-order valence-electron chi connectivity index (χ0n) is 8.47. The molecule has 0 amide bonds. The Hall–Kier alpha value is -0.840. The Morgan fingerprint density at radius 2 is 2.24 bits per heavy atom. The molecule has 0 saturated heterocycles. The van der Waals surface area contributed by atoms with E-state index in [-0.39, 0.29) is 18.7 Å². The summed E-state index contributed by atoms with van der Waals surface area (Å²) in [5.41, 5.74) is -0.306.